The SMILES string of the molecule is C=C(CCCC)C(=O)Oc1c(F)c(F)c(F)c(F)c1F. The number of esters is 1. The van der Waals surface area contributed by atoms with Gasteiger partial charge in [0.05, 0.1) is 0 Å². The van der Waals surface area contributed by atoms with Gasteiger partial charge in [-0.25, -0.2) is 18.0 Å². The third kappa shape index (κ3) is 3.15. The van der Waals surface area contributed by atoms with E-state index >= 15 is 0 Å². The maximum absolute atomic E-state index is 13.3. The molecule has 0 heterocycles. The topological polar surface area (TPSA) is 26.3 Å². The first-order valence-electron chi connectivity index (χ1n) is 5.72. The number of hydrogen-bond acceptors (Lipinski definition) is 2. The highest BCUT2D eigenvalue weighted by Gasteiger charge is 2.28. The van der Waals surface area contributed by atoms with Crippen LogP contribution in [-0.2, 0) is 4.79 Å². The summed E-state index contributed by atoms with van der Waals surface area (Å²) in [4.78, 5) is 11.4. The zero-order valence-electron chi connectivity index (χ0n) is 10.5. The van der Waals surface area contributed by atoms with E-state index in [2.05, 4.69) is 11.3 Å². The van der Waals surface area contributed by atoms with Gasteiger partial charge in [-0.1, -0.05) is 19.9 Å². The van der Waals surface area contributed by atoms with Crippen molar-refractivity contribution in [2.24, 2.45) is 0 Å². The minimum atomic E-state index is -2.32. The smallest absolute Gasteiger partial charge is 0.339 e. The molecule has 0 spiro atoms. The Bertz CT molecular complexity index is 525. The second-order valence-electron chi connectivity index (χ2n) is 4.00. The number of unbranched alkanes of at least 4 members (excludes halogenated alkanes) is 1. The van der Waals surface area contributed by atoms with E-state index in [4.69, 9.17) is 0 Å². The molecule has 0 aromatic heterocycles. The molecule has 1 aromatic carbocycles. The van der Waals surface area contributed by atoms with Gasteiger partial charge in [-0.15, -0.1) is 0 Å². The number of carbonyl (C=O) groups is 1. The Morgan fingerprint density at radius 1 is 1.00 bits per heavy atom. The van der Waals surface area contributed by atoms with Crippen molar-refractivity contribution in [1.29, 1.82) is 0 Å². The Kier molecular flexibility index (Phi) is 5.24. The van der Waals surface area contributed by atoms with Gasteiger partial charge >= 0.3 is 5.97 Å². The second kappa shape index (κ2) is 6.49. The van der Waals surface area contributed by atoms with Crippen molar-refractivity contribution in [3.8, 4) is 5.75 Å². The standard InChI is InChI=1S/C13H11F5O2/c1-3-4-5-6(2)13(19)20-12-10(17)8(15)7(14)9(16)11(12)18/h2-5H2,1H3. The van der Waals surface area contributed by atoms with Crippen LogP contribution >= 0.6 is 0 Å². The summed E-state index contributed by atoms with van der Waals surface area (Å²) in [7, 11) is 0. The maximum atomic E-state index is 13.3. The molecule has 0 aliphatic heterocycles. The van der Waals surface area contributed by atoms with Crippen LogP contribution in [0, 0.1) is 29.1 Å². The molecular weight excluding hydrogens is 283 g/mol. The minimum absolute atomic E-state index is 0.115. The van der Waals surface area contributed by atoms with E-state index in [1.807, 2.05) is 6.92 Å². The fourth-order valence-corrected chi connectivity index (χ4v) is 1.33. The molecule has 0 saturated heterocycles. The molecule has 0 radical (unpaired) electrons. The molecule has 0 unspecified atom stereocenters. The summed E-state index contributed by atoms with van der Waals surface area (Å²) in [5.41, 5.74) is -0.115. The summed E-state index contributed by atoms with van der Waals surface area (Å²) in [5.74, 6) is -13.9. The second-order valence-corrected chi connectivity index (χ2v) is 4.00. The monoisotopic (exact) mass is 294 g/mol. The van der Waals surface area contributed by atoms with Crippen LogP contribution in [0.2, 0.25) is 0 Å². The van der Waals surface area contributed by atoms with Crippen molar-refractivity contribution >= 4 is 5.97 Å². The van der Waals surface area contributed by atoms with Crippen molar-refractivity contribution in [3.05, 3.63) is 41.2 Å². The molecule has 0 aliphatic rings. The van der Waals surface area contributed by atoms with Gasteiger partial charge in [-0.3, -0.25) is 0 Å². The van der Waals surface area contributed by atoms with Crippen molar-refractivity contribution < 1.29 is 31.5 Å². The largest absolute Gasteiger partial charge is 0.417 e. The van der Waals surface area contributed by atoms with Crippen LogP contribution in [0.25, 0.3) is 0 Å². The van der Waals surface area contributed by atoms with Crippen molar-refractivity contribution in [2.45, 2.75) is 26.2 Å². The molecule has 110 valence electrons. The summed E-state index contributed by atoms with van der Waals surface area (Å²) < 4.78 is 69.3. The molecule has 1 rings (SSSR count). The van der Waals surface area contributed by atoms with Gasteiger partial charge in [0.1, 0.15) is 0 Å². The van der Waals surface area contributed by atoms with Gasteiger partial charge < -0.3 is 4.74 Å². The van der Waals surface area contributed by atoms with E-state index in [1.54, 1.807) is 0 Å². The van der Waals surface area contributed by atoms with Crippen LogP contribution < -0.4 is 4.74 Å². The molecule has 0 N–H and O–H groups in total. The van der Waals surface area contributed by atoms with Crippen LogP contribution in [0.1, 0.15) is 26.2 Å². The predicted octanol–water partition coefficient (Wildman–Crippen LogP) is 4.03. The summed E-state index contributed by atoms with van der Waals surface area (Å²) >= 11 is 0. The van der Waals surface area contributed by atoms with Gasteiger partial charge in [-0.2, -0.15) is 8.78 Å². The highest BCUT2D eigenvalue weighted by atomic mass is 19.2. The Labute approximate surface area is 111 Å². The highest BCUT2D eigenvalue weighted by Crippen LogP contribution is 2.29. The molecular formula is C13H11F5O2. The quantitative estimate of drug-likeness (QED) is 0.205. The number of rotatable bonds is 5. The first kappa shape index (κ1) is 16.1. The van der Waals surface area contributed by atoms with Crippen molar-refractivity contribution in [3.63, 3.8) is 0 Å². The predicted molar refractivity (Wildman–Crippen MR) is 60.5 cm³/mol. The van der Waals surface area contributed by atoms with Gasteiger partial charge in [-0.05, 0) is 12.8 Å². The molecule has 0 bridgehead atoms. The number of hydrogen-bond donors (Lipinski definition) is 0. The maximum Gasteiger partial charge on any atom is 0.339 e. The van der Waals surface area contributed by atoms with E-state index in [0.717, 1.165) is 6.42 Å². The molecule has 20 heavy (non-hydrogen) atoms. The van der Waals surface area contributed by atoms with Crippen LogP contribution in [0.4, 0.5) is 22.0 Å². The molecule has 2 nitrogen and oxygen atoms in total. The van der Waals surface area contributed by atoms with Crippen molar-refractivity contribution in [2.75, 3.05) is 0 Å². The van der Waals surface area contributed by atoms with E-state index in [1.165, 1.54) is 0 Å². The van der Waals surface area contributed by atoms with Gasteiger partial charge in [0, 0.05) is 5.57 Å². The lowest BCUT2D eigenvalue weighted by molar-refractivity contribution is -0.130. The zero-order valence-corrected chi connectivity index (χ0v) is 10.5. The average molecular weight is 294 g/mol. The first-order valence-corrected chi connectivity index (χ1v) is 5.72. The van der Waals surface area contributed by atoms with Gasteiger partial charge in [0.2, 0.25) is 34.8 Å². The number of halogens is 5. The fraction of sp³-hybridized carbons (Fsp3) is 0.308. The normalized spacial score (nSPS) is 10.5. The Morgan fingerprint density at radius 2 is 1.45 bits per heavy atom. The van der Waals surface area contributed by atoms with Crippen LogP contribution in [-0.4, -0.2) is 5.97 Å². The summed E-state index contributed by atoms with van der Waals surface area (Å²) in [6.07, 6.45) is 1.50. The van der Waals surface area contributed by atoms with Gasteiger partial charge in [0.25, 0.3) is 0 Å². The molecule has 0 aliphatic carbocycles. The lowest BCUT2D eigenvalue weighted by atomic mass is 10.1. The lowest BCUT2D eigenvalue weighted by Gasteiger charge is -2.09. The molecule has 1 aromatic rings. The van der Waals surface area contributed by atoms with Crippen LogP contribution in [0.3, 0.4) is 0 Å². The Balaban J connectivity index is 3.04. The minimum Gasteiger partial charge on any atom is -0.417 e. The number of benzene rings is 1. The lowest BCUT2D eigenvalue weighted by Crippen LogP contribution is -2.15. The van der Waals surface area contributed by atoms with Crippen LogP contribution in [0.15, 0.2) is 12.2 Å². The van der Waals surface area contributed by atoms with E-state index in [9.17, 15) is 26.7 Å². The third-order valence-corrected chi connectivity index (χ3v) is 2.49. The molecule has 7 heteroatoms. The summed E-state index contributed by atoms with van der Waals surface area (Å²) in [6.45, 7) is 5.17. The molecule has 0 amide bonds. The average Bonchev–Trinajstić information content (AvgIpc) is 2.44. The molecule has 0 saturated carbocycles. The zero-order chi connectivity index (χ0) is 15.4. The first-order chi connectivity index (χ1) is 9.31. The number of ether oxygens (including phenoxy) is 1. The fourth-order valence-electron chi connectivity index (χ4n) is 1.33. The number of carbonyl (C=O) groups excluding carboxylic acids is 1. The van der Waals surface area contributed by atoms with E-state index in [-0.39, 0.29) is 12.0 Å². The highest BCUT2D eigenvalue weighted by molar-refractivity contribution is 5.89. The molecule has 0 fully saturated rings. The summed E-state index contributed by atoms with van der Waals surface area (Å²) in [6, 6.07) is 0. The molecule has 0 atom stereocenters. The summed E-state index contributed by atoms with van der Waals surface area (Å²) in [5, 5.41) is 0. The third-order valence-electron chi connectivity index (χ3n) is 2.49. The van der Waals surface area contributed by atoms with E-state index in [0.29, 0.717) is 6.42 Å². The van der Waals surface area contributed by atoms with E-state index < -0.39 is 40.8 Å². The van der Waals surface area contributed by atoms with Gasteiger partial charge in [0.15, 0.2) is 0 Å². The van der Waals surface area contributed by atoms with Crippen LogP contribution in [0.5, 0.6) is 5.75 Å². The van der Waals surface area contributed by atoms with Crippen molar-refractivity contribution in [1.82, 2.24) is 0 Å². The Hall–Kier alpha value is -1.92. The Morgan fingerprint density at radius 3 is 1.90 bits per heavy atom.